The van der Waals surface area contributed by atoms with Crippen molar-refractivity contribution in [3.05, 3.63) is 0 Å². The van der Waals surface area contributed by atoms with Crippen molar-refractivity contribution in [2.24, 2.45) is 0 Å². The second-order valence-electron chi connectivity index (χ2n) is 1.64. The Morgan fingerprint density at radius 1 is 1.40 bits per heavy atom. The van der Waals surface area contributed by atoms with E-state index < -0.39 is 29.3 Å². The Bertz CT molecular complexity index is 72.3. The third kappa shape index (κ3) is 6.82. The standard InChI is InChI=1S/C2H14O4Si4/c1-7-4-9-6-10(2)5-8-3/h3,10H,7-9H2,1-2H3. The molecule has 0 saturated heterocycles. The number of hydrogen-bond acceptors (Lipinski definition) is 4. The molecule has 8 heteroatoms. The molecule has 0 spiro atoms. The molecule has 0 radical (unpaired) electrons. The van der Waals surface area contributed by atoms with E-state index in [9.17, 15) is 0 Å². The molecule has 0 fully saturated rings. The van der Waals surface area contributed by atoms with Crippen LogP contribution in [0.3, 0.4) is 0 Å². The summed E-state index contributed by atoms with van der Waals surface area (Å²) in [5.41, 5.74) is 0. The highest BCUT2D eigenvalue weighted by atomic mass is 28.4. The van der Waals surface area contributed by atoms with E-state index in [2.05, 4.69) is 6.55 Å². The van der Waals surface area contributed by atoms with Gasteiger partial charge in [-0.25, -0.2) is 0 Å². The van der Waals surface area contributed by atoms with E-state index in [1.165, 1.54) is 0 Å². The maximum atomic E-state index is 8.45. The van der Waals surface area contributed by atoms with Crippen LogP contribution in [0, 0.1) is 0 Å². The minimum absolute atomic E-state index is 0.291. The largest absolute Gasteiger partial charge is 0.447 e. The van der Waals surface area contributed by atoms with Crippen LogP contribution < -0.4 is 0 Å². The molecule has 0 rings (SSSR count). The van der Waals surface area contributed by atoms with E-state index in [4.69, 9.17) is 17.1 Å². The molecular formula is C2H14O4Si4. The summed E-state index contributed by atoms with van der Waals surface area (Å²) >= 11 is 0. The molecule has 0 aromatic rings. The third-order valence-corrected chi connectivity index (χ3v) is 8.10. The lowest BCUT2D eigenvalue weighted by Gasteiger charge is -2.09. The minimum Gasteiger partial charge on any atom is -0.447 e. The van der Waals surface area contributed by atoms with Crippen molar-refractivity contribution in [3.63, 3.8) is 0 Å². The van der Waals surface area contributed by atoms with E-state index in [0.717, 1.165) is 0 Å². The molecule has 0 heterocycles. The molecule has 0 amide bonds. The Morgan fingerprint density at radius 3 is 2.60 bits per heavy atom. The van der Waals surface area contributed by atoms with Gasteiger partial charge in [0.05, 0.1) is 0 Å². The van der Waals surface area contributed by atoms with Crippen LogP contribution in [0.25, 0.3) is 0 Å². The van der Waals surface area contributed by atoms with Crippen LogP contribution in [0.2, 0.25) is 13.1 Å². The fourth-order valence-corrected chi connectivity index (χ4v) is 5.16. The maximum Gasteiger partial charge on any atom is 0.299 e. The van der Waals surface area contributed by atoms with Gasteiger partial charge in [0.1, 0.15) is 9.76 Å². The van der Waals surface area contributed by atoms with E-state index in [1.807, 2.05) is 6.55 Å². The lowest BCUT2D eigenvalue weighted by Crippen LogP contribution is -2.24. The smallest absolute Gasteiger partial charge is 0.299 e. The Balaban J connectivity index is 2.97. The molecule has 10 heavy (non-hydrogen) atoms. The Labute approximate surface area is 69.8 Å². The topological polar surface area (TPSA) is 47.9 Å². The van der Waals surface area contributed by atoms with Gasteiger partial charge in [-0.3, -0.25) is 0 Å². The highest BCUT2D eigenvalue weighted by Crippen LogP contribution is 1.84. The van der Waals surface area contributed by atoms with Crippen molar-refractivity contribution in [2.45, 2.75) is 13.1 Å². The summed E-state index contributed by atoms with van der Waals surface area (Å²) in [5.74, 6) is 0. The molecule has 0 saturated carbocycles. The predicted octanol–water partition coefficient (Wildman–Crippen LogP) is -2.99. The highest BCUT2D eigenvalue weighted by molar-refractivity contribution is 6.56. The van der Waals surface area contributed by atoms with Gasteiger partial charge in [-0.05, 0) is 6.55 Å². The lowest BCUT2D eigenvalue weighted by molar-refractivity contribution is 0.377. The van der Waals surface area contributed by atoms with Crippen LogP contribution in [-0.4, -0.2) is 43.9 Å². The summed E-state index contributed by atoms with van der Waals surface area (Å²) < 4.78 is 15.4. The van der Waals surface area contributed by atoms with Crippen molar-refractivity contribution in [3.8, 4) is 0 Å². The quantitative estimate of drug-likeness (QED) is 0.378. The van der Waals surface area contributed by atoms with E-state index >= 15 is 0 Å². The molecule has 0 aliphatic rings. The second-order valence-corrected chi connectivity index (χ2v) is 8.15. The highest BCUT2D eigenvalue weighted by Gasteiger charge is 2.02. The first-order valence-electron chi connectivity index (χ1n) is 3.23. The maximum absolute atomic E-state index is 8.45. The SMILES string of the molecule is C[SiH2]O[SiH2]O[SiH](C)O[SiH2]O. The van der Waals surface area contributed by atoms with Gasteiger partial charge in [-0.15, -0.1) is 0 Å². The average Bonchev–Trinajstić information content (AvgIpc) is 1.89. The molecule has 1 N–H and O–H groups in total. The summed E-state index contributed by atoms with van der Waals surface area (Å²) in [6.07, 6.45) is 0. The summed E-state index contributed by atoms with van der Waals surface area (Å²) in [6, 6.07) is 0. The Hall–Kier alpha value is 0.708. The average molecular weight is 214 g/mol. The monoisotopic (exact) mass is 214 g/mol. The minimum atomic E-state index is -1.46. The van der Waals surface area contributed by atoms with Gasteiger partial charge in [-0.1, -0.05) is 6.55 Å². The molecule has 0 aromatic heterocycles. The summed E-state index contributed by atoms with van der Waals surface area (Å²) in [5, 5.41) is 0. The molecule has 0 aliphatic heterocycles. The van der Waals surface area contributed by atoms with Gasteiger partial charge in [0, 0.05) is 0 Å². The summed E-state index contributed by atoms with van der Waals surface area (Å²) in [7, 11) is -3.75. The fraction of sp³-hybridized carbons (Fsp3) is 1.00. The van der Waals surface area contributed by atoms with Crippen molar-refractivity contribution in [2.75, 3.05) is 0 Å². The molecule has 0 aliphatic carbocycles. The van der Waals surface area contributed by atoms with Crippen molar-refractivity contribution < 1.29 is 17.1 Å². The molecule has 1 atom stereocenters. The summed E-state index contributed by atoms with van der Waals surface area (Å²) in [4.78, 5) is 8.45. The van der Waals surface area contributed by atoms with Crippen molar-refractivity contribution >= 4 is 39.1 Å². The van der Waals surface area contributed by atoms with E-state index in [0.29, 0.717) is 0 Å². The zero-order valence-corrected chi connectivity index (χ0v) is 11.8. The molecule has 0 bridgehead atoms. The van der Waals surface area contributed by atoms with Crippen molar-refractivity contribution in [1.29, 1.82) is 0 Å². The molecule has 4 nitrogen and oxygen atoms in total. The Kier molecular flexibility index (Phi) is 8.36. The predicted molar refractivity (Wildman–Crippen MR) is 50.0 cm³/mol. The normalized spacial score (nSPS) is 17.1. The molecule has 62 valence electrons. The number of rotatable bonds is 6. The van der Waals surface area contributed by atoms with Crippen LogP contribution in [0.4, 0.5) is 0 Å². The van der Waals surface area contributed by atoms with Crippen LogP contribution in [-0.2, 0) is 12.3 Å². The number of hydrogen-bond donors (Lipinski definition) is 1. The van der Waals surface area contributed by atoms with E-state index in [-0.39, 0.29) is 9.76 Å². The third-order valence-electron chi connectivity index (χ3n) is 0.899. The van der Waals surface area contributed by atoms with Gasteiger partial charge >= 0.3 is 0 Å². The van der Waals surface area contributed by atoms with Crippen molar-refractivity contribution in [1.82, 2.24) is 0 Å². The first-order valence-corrected chi connectivity index (χ1v) is 9.68. The zero-order chi connectivity index (χ0) is 7.82. The zero-order valence-electron chi connectivity index (χ0n) is 6.37. The van der Waals surface area contributed by atoms with Gasteiger partial charge in [0.2, 0.25) is 0 Å². The second kappa shape index (κ2) is 7.81. The van der Waals surface area contributed by atoms with Crippen LogP contribution in [0.15, 0.2) is 0 Å². The van der Waals surface area contributed by atoms with Gasteiger partial charge in [0.25, 0.3) is 29.3 Å². The van der Waals surface area contributed by atoms with E-state index in [1.54, 1.807) is 0 Å². The molecule has 0 aromatic carbocycles. The fourth-order valence-electron chi connectivity index (χ4n) is 0.380. The lowest BCUT2D eigenvalue weighted by atomic mass is 11.9. The van der Waals surface area contributed by atoms with Crippen LogP contribution >= 0.6 is 0 Å². The van der Waals surface area contributed by atoms with Gasteiger partial charge in [0.15, 0.2) is 0 Å². The Morgan fingerprint density at radius 2 is 2.10 bits per heavy atom. The van der Waals surface area contributed by atoms with Crippen LogP contribution in [0.5, 0.6) is 0 Å². The molecule has 1 unspecified atom stereocenters. The first kappa shape index (κ1) is 10.7. The summed E-state index contributed by atoms with van der Waals surface area (Å²) in [6.45, 7) is 3.99. The van der Waals surface area contributed by atoms with Gasteiger partial charge < -0.3 is 17.1 Å². The first-order chi connectivity index (χ1) is 4.81. The van der Waals surface area contributed by atoms with Gasteiger partial charge in [-0.2, -0.15) is 0 Å². The molecular weight excluding hydrogens is 200 g/mol. The van der Waals surface area contributed by atoms with Crippen LogP contribution in [0.1, 0.15) is 0 Å².